The van der Waals surface area contributed by atoms with Gasteiger partial charge in [-0.3, -0.25) is 19.7 Å². The van der Waals surface area contributed by atoms with Crippen molar-refractivity contribution in [3.8, 4) is 5.75 Å². The molecular formula is C17H15N3O5. The van der Waals surface area contributed by atoms with Gasteiger partial charge in [-0.1, -0.05) is 0 Å². The summed E-state index contributed by atoms with van der Waals surface area (Å²) in [4.78, 5) is 35.9. The number of amides is 2. The van der Waals surface area contributed by atoms with Crippen LogP contribution in [0.2, 0.25) is 0 Å². The van der Waals surface area contributed by atoms with Crippen molar-refractivity contribution in [1.29, 1.82) is 0 Å². The van der Waals surface area contributed by atoms with Crippen LogP contribution in [0.25, 0.3) is 0 Å². The van der Waals surface area contributed by atoms with Crippen LogP contribution in [-0.4, -0.2) is 29.9 Å². The maximum atomic E-state index is 12.3. The fourth-order valence-electron chi connectivity index (χ4n) is 2.53. The molecule has 0 saturated heterocycles. The second-order valence-corrected chi connectivity index (χ2v) is 5.60. The Morgan fingerprint density at radius 1 is 1.24 bits per heavy atom. The Balaban J connectivity index is 1.80. The zero-order chi connectivity index (χ0) is 18.1. The Bertz CT molecular complexity index is 863. The van der Waals surface area contributed by atoms with Crippen LogP contribution in [0.4, 0.5) is 17.1 Å². The first-order valence-electron chi connectivity index (χ1n) is 7.51. The van der Waals surface area contributed by atoms with Crippen molar-refractivity contribution in [2.24, 2.45) is 0 Å². The quantitative estimate of drug-likeness (QED) is 0.683. The lowest BCUT2D eigenvalue weighted by Crippen LogP contribution is -2.41. The number of hydrogen-bond acceptors (Lipinski definition) is 5. The van der Waals surface area contributed by atoms with Gasteiger partial charge in [0.2, 0.25) is 0 Å². The van der Waals surface area contributed by atoms with Crippen LogP contribution in [0, 0.1) is 10.1 Å². The zero-order valence-electron chi connectivity index (χ0n) is 13.6. The third-order valence-electron chi connectivity index (χ3n) is 3.90. The second kappa shape index (κ2) is 6.23. The molecule has 0 saturated carbocycles. The van der Waals surface area contributed by atoms with Gasteiger partial charge in [0.1, 0.15) is 5.75 Å². The molecule has 0 spiro atoms. The molecule has 8 nitrogen and oxygen atoms in total. The van der Waals surface area contributed by atoms with Gasteiger partial charge in [-0.05, 0) is 37.3 Å². The molecule has 1 aliphatic heterocycles. The van der Waals surface area contributed by atoms with E-state index in [0.717, 1.165) is 0 Å². The molecule has 25 heavy (non-hydrogen) atoms. The molecule has 128 valence electrons. The first-order chi connectivity index (χ1) is 11.9. The molecule has 8 heteroatoms. The molecular weight excluding hydrogens is 326 g/mol. The van der Waals surface area contributed by atoms with Gasteiger partial charge in [-0.25, -0.2) is 0 Å². The molecule has 1 N–H and O–H groups in total. The normalized spacial score (nSPS) is 16.0. The van der Waals surface area contributed by atoms with E-state index in [2.05, 4.69) is 5.32 Å². The average molecular weight is 341 g/mol. The molecule has 3 rings (SSSR count). The Morgan fingerprint density at radius 3 is 2.56 bits per heavy atom. The van der Waals surface area contributed by atoms with Crippen molar-refractivity contribution in [2.75, 3.05) is 17.3 Å². The van der Waals surface area contributed by atoms with Gasteiger partial charge in [-0.2, -0.15) is 0 Å². The summed E-state index contributed by atoms with van der Waals surface area (Å²) < 4.78 is 5.53. The van der Waals surface area contributed by atoms with Crippen LogP contribution in [0.3, 0.4) is 0 Å². The summed E-state index contributed by atoms with van der Waals surface area (Å²) >= 11 is 0. The number of nitrogens with zero attached hydrogens (tertiary/aromatic N) is 2. The summed E-state index contributed by atoms with van der Waals surface area (Å²) in [6.45, 7) is 1.67. The number of carbonyl (C=O) groups is 2. The van der Waals surface area contributed by atoms with Gasteiger partial charge in [-0.15, -0.1) is 0 Å². The van der Waals surface area contributed by atoms with Crippen molar-refractivity contribution in [3.05, 3.63) is 58.1 Å². The molecule has 2 amide bonds. The van der Waals surface area contributed by atoms with E-state index in [1.807, 2.05) is 0 Å². The largest absolute Gasteiger partial charge is 0.479 e. The summed E-state index contributed by atoms with van der Waals surface area (Å²) in [5.41, 5.74) is 1.25. The number of nitro groups is 1. The fraction of sp³-hybridized carbons (Fsp3) is 0.176. The minimum absolute atomic E-state index is 0.0864. The SMILES string of the molecule is C[C@@H]1Oc2ccc(NC(=O)c3ccc([N+](=O)[O-])cc3)cc2N(C)C1=O. The van der Waals surface area contributed by atoms with Crippen molar-refractivity contribution in [3.63, 3.8) is 0 Å². The van der Waals surface area contributed by atoms with Gasteiger partial charge < -0.3 is 15.0 Å². The highest BCUT2D eigenvalue weighted by Crippen LogP contribution is 2.35. The molecule has 0 bridgehead atoms. The van der Waals surface area contributed by atoms with Gasteiger partial charge in [0, 0.05) is 30.4 Å². The number of anilines is 2. The van der Waals surface area contributed by atoms with Gasteiger partial charge >= 0.3 is 0 Å². The molecule has 2 aromatic carbocycles. The molecule has 1 aliphatic rings. The van der Waals surface area contributed by atoms with Crippen LogP contribution >= 0.6 is 0 Å². The van der Waals surface area contributed by atoms with Gasteiger partial charge in [0.05, 0.1) is 10.6 Å². The van der Waals surface area contributed by atoms with Gasteiger partial charge in [0.15, 0.2) is 6.10 Å². The summed E-state index contributed by atoms with van der Waals surface area (Å²) in [5.74, 6) is -0.0248. The number of benzene rings is 2. The third-order valence-corrected chi connectivity index (χ3v) is 3.90. The van der Waals surface area contributed by atoms with E-state index in [4.69, 9.17) is 4.74 Å². The molecule has 0 fully saturated rings. The molecule has 2 aromatic rings. The summed E-state index contributed by atoms with van der Waals surface area (Å²) in [6.07, 6.45) is -0.557. The minimum Gasteiger partial charge on any atom is -0.479 e. The maximum absolute atomic E-state index is 12.3. The standard InChI is InChI=1S/C17H15N3O5/c1-10-17(22)19(2)14-9-12(5-8-15(14)25-10)18-16(21)11-3-6-13(7-4-11)20(23)24/h3-10H,1-2H3,(H,18,21)/t10-/m0/s1. The Hall–Kier alpha value is -3.42. The number of fused-ring (bicyclic) bond motifs is 1. The Kier molecular flexibility index (Phi) is 4.10. The first-order valence-corrected chi connectivity index (χ1v) is 7.51. The zero-order valence-corrected chi connectivity index (χ0v) is 13.6. The fourth-order valence-corrected chi connectivity index (χ4v) is 2.53. The predicted molar refractivity (Wildman–Crippen MR) is 91.0 cm³/mol. The Morgan fingerprint density at radius 2 is 1.92 bits per heavy atom. The van der Waals surface area contributed by atoms with Crippen LogP contribution in [0.5, 0.6) is 5.75 Å². The summed E-state index contributed by atoms with van der Waals surface area (Å²) in [5, 5.41) is 13.4. The van der Waals surface area contributed by atoms with Crippen molar-refractivity contribution >= 4 is 28.9 Å². The number of ether oxygens (including phenoxy) is 1. The lowest BCUT2D eigenvalue weighted by atomic mass is 10.1. The Labute approximate surface area is 143 Å². The number of non-ortho nitro benzene ring substituents is 1. The van der Waals surface area contributed by atoms with Crippen LogP contribution in [0.1, 0.15) is 17.3 Å². The summed E-state index contributed by atoms with van der Waals surface area (Å²) in [7, 11) is 1.64. The lowest BCUT2D eigenvalue weighted by Gasteiger charge is -2.30. The molecule has 0 aromatic heterocycles. The summed E-state index contributed by atoms with van der Waals surface area (Å²) in [6, 6.07) is 10.3. The maximum Gasteiger partial charge on any atom is 0.269 e. The van der Waals surface area contributed by atoms with Crippen LogP contribution in [-0.2, 0) is 4.79 Å². The number of nitro benzene ring substituents is 1. The highest BCUT2D eigenvalue weighted by atomic mass is 16.6. The van der Waals surface area contributed by atoms with E-state index in [-0.39, 0.29) is 17.2 Å². The van der Waals surface area contributed by atoms with E-state index >= 15 is 0 Å². The van der Waals surface area contributed by atoms with E-state index in [1.165, 1.54) is 29.2 Å². The van der Waals surface area contributed by atoms with Crippen molar-refractivity contribution in [2.45, 2.75) is 13.0 Å². The van der Waals surface area contributed by atoms with E-state index < -0.39 is 16.9 Å². The number of nitrogens with one attached hydrogen (secondary N) is 1. The number of rotatable bonds is 3. The lowest BCUT2D eigenvalue weighted by molar-refractivity contribution is -0.384. The van der Waals surface area contributed by atoms with Crippen LogP contribution in [0.15, 0.2) is 42.5 Å². The van der Waals surface area contributed by atoms with Crippen molar-refractivity contribution < 1.29 is 19.2 Å². The number of likely N-dealkylation sites (N-methyl/N-ethyl adjacent to an activating group) is 1. The minimum atomic E-state index is -0.557. The molecule has 1 heterocycles. The monoisotopic (exact) mass is 341 g/mol. The highest BCUT2D eigenvalue weighted by Gasteiger charge is 2.29. The second-order valence-electron chi connectivity index (χ2n) is 5.60. The molecule has 1 atom stereocenters. The number of hydrogen-bond donors (Lipinski definition) is 1. The third kappa shape index (κ3) is 3.14. The average Bonchev–Trinajstić information content (AvgIpc) is 2.60. The van der Waals surface area contributed by atoms with Crippen LogP contribution < -0.4 is 15.0 Å². The molecule has 0 unspecified atom stereocenters. The predicted octanol–water partition coefficient (Wildman–Crippen LogP) is 2.59. The van der Waals surface area contributed by atoms with Crippen molar-refractivity contribution in [1.82, 2.24) is 0 Å². The smallest absolute Gasteiger partial charge is 0.269 e. The van der Waals surface area contributed by atoms with Gasteiger partial charge in [0.25, 0.3) is 17.5 Å². The first kappa shape index (κ1) is 16.4. The highest BCUT2D eigenvalue weighted by molar-refractivity contribution is 6.05. The molecule has 0 aliphatic carbocycles. The molecule has 0 radical (unpaired) electrons. The van der Waals surface area contributed by atoms with E-state index in [9.17, 15) is 19.7 Å². The van der Waals surface area contributed by atoms with E-state index in [1.54, 1.807) is 32.2 Å². The van der Waals surface area contributed by atoms with E-state index in [0.29, 0.717) is 17.1 Å². The topological polar surface area (TPSA) is 102 Å². The number of carbonyl (C=O) groups excluding carboxylic acids is 2.